The molecular formula is C15H22N4O4. The van der Waals surface area contributed by atoms with Crippen molar-refractivity contribution >= 4 is 17.8 Å². The molecule has 0 bridgehead atoms. The van der Waals surface area contributed by atoms with Gasteiger partial charge in [-0.15, -0.1) is 0 Å². The zero-order chi connectivity index (χ0) is 17.0. The van der Waals surface area contributed by atoms with Gasteiger partial charge in [0.25, 0.3) is 5.91 Å². The Kier molecular flexibility index (Phi) is 5.36. The van der Waals surface area contributed by atoms with Gasteiger partial charge >= 0.3 is 5.97 Å². The summed E-state index contributed by atoms with van der Waals surface area (Å²) in [5.41, 5.74) is 1.16. The largest absolute Gasteiger partial charge is 0.481 e. The number of amides is 2. The van der Waals surface area contributed by atoms with Crippen LogP contribution < -0.4 is 0 Å². The van der Waals surface area contributed by atoms with Crippen LogP contribution in [0, 0.1) is 5.92 Å². The molecule has 126 valence electrons. The number of aliphatic carboxylic acids is 1. The fourth-order valence-electron chi connectivity index (χ4n) is 2.60. The van der Waals surface area contributed by atoms with Crippen LogP contribution in [0.3, 0.4) is 0 Å². The average Bonchev–Trinajstić information content (AvgIpc) is 3.03. The number of carbonyl (C=O) groups excluding carboxylic acids is 2. The molecule has 2 amide bonds. The van der Waals surface area contributed by atoms with E-state index < -0.39 is 5.97 Å². The van der Waals surface area contributed by atoms with E-state index in [9.17, 15) is 14.4 Å². The van der Waals surface area contributed by atoms with Crippen LogP contribution in [0.2, 0.25) is 0 Å². The Balaban J connectivity index is 1.87. The molecule has 0 radical (unpaired) electrons. The summed E-state index contributed by atoms with van der Waals surface area (Å²) in [5.74, 6) is -1.67. The second-order valence-corrected chi connectivity index (χ2v) is 5.79. The molecule has 1 aliphatic heterocycles. The number of nitrogens with zero attached hydrogens (tertiary/aromatic N) is 3. The summed E-state index contributed by atoms with van der Waals surface area (Å²) in [6.45, 7) is 2.75. The maximum Gasteiger partial charge on any atom is 0.306 e. The van der Waals surface area contributed by atoms with E-state index in [0.29, 0.717) is 31.6 Å². The molecule has 2 N–H and O–H groups in total. The molecular weight excluding hydrogens is 300 g/mol. The predicted octanol–water partition coefficient (Wildman–Crippen LogP) is 0.367. The van der Waals surface area contributed by atoms with Crippen molar-refractivity contribution in [1.82, 2.24) is 20.0 Å². The molecule has 2 heterocycles. The molecule has 0 spiro atoms. The van der Waals surface area contributed by atoms with Gasteiger partial charge in [0.1, 0.15) is 5.69 Å². The van der Waals surface area contributed by atoms with Crippen LogP contribution in [0.15, 0.2) is 6.07 Å². The van der Waals surface area contributed by atoms with Crippen molar-refractivity contribution in [3.8, 4) is 0 Å². The molecule has 1 fully saturated rings. The third kappa shape index (κ3) is 4.08. The number of carboxylic acid groups (broad SMARTS) is 1. The summed E-state index contributed by atoms with van der Waals surface area (Å²) in [5, 5.41) is 15.7. The van der Waals surface area contributed by atoms with Gasteiger partial charge in [-0.25, -0.2) is 0 Å². The number of carbonyl (C=O) groups is 3. The van der Waals surface area contributed by atoms with E-state index in [0.717, 1.165) is 12.1 Å². The van der Waals surface area contributed by atoms with Gasteiger partial charge in [0.05, 0.1) is 12.5 Å². The number of aryl methyl sites for hydroxylation is 1. The third-order valence-electron chi connectivity index (χ3n) is 4.15. The maximum atomic E-state index is 12.2. The highest BCUT2D eigenvalue weighted by atomic mass is 16.4. The Labute approximate surface area is 134 Å². The SMILES string of the molecule is CCc1cc(C(=O)N(C)CC(=O)N2CCC(C(=O)O)CC2)n[nH]1. The summed E-state index contributed by atoms with van der Waals surface area (Å²) in [6.07, 6.45) is 1.66. The Morgan fingerprint density at radius 3 is 2.57 bits per heavy atom. The van der Waals surface area contributed by atoms with Crippen molar-refractivity contribution < 1.29 is 19.5 Å². The Hall–Kier alpha value is -2.38. The van der Waals surface area contributed by atoms with Gasteiger partial charge in [-0.05, 0) is 25.3 Å². The van der Waals surface area contributed by atoms with Crippen LogP contribution in [-0.4, -0.2) is 69.6 Å². The fourth-order valence-corrected chi connectivity index (χ4v) is 2.60. The summed E-state index contributed by atoms with van der Waals surface area (Å²) < 4.78 is 0. The second kappa shape index (κ2) is 7.26. The number of piperidine rings is 1. The molecule has 8 heteroatoms. The number of hydrogen-bond acceptors (Lipinski definition) is 4. The van der Waals surface area contributed by atoms with Crippen molar-refractivity contribution in [3.63, 3.8) is 0 Å². The Bertz CT molecular complexity index is 590. The van der Waals surface area contributed by atoms with Crippen molar-refractivity contribution in [3.05, 3.63) is 17.5 Å². The van der Waals surface area contributed by atoms with Crippen LogP contribution in [0.25, 0.3) is 0 Å². The van der Waals surface area contributed by atoms with Gasteiger partial charge in [-0.1, -0.05) is 6.92 Å². The number of H-pyrrole nitrogens is 1. The molecule has 0 saturated carbocycles. The van der Waals surface area contributed by atoms with Crippen LogP contribution in [0.5, 0.6) is 0 Å². The summed E-state index contributed by atoms with van der Waals surface area (Å²) in [4.78, 5) is 38.3. The molecule has 0 atom stereocenters. The zero-order valence-corrected chi connectivity index (χ0v) is 13.4. The number of rotatable bonds is 5. The van der Waals surface area contributed by atoms with E-state index in [-0.39, 0.29) is 24.3 Å². The molecule has 1 aliphatic rings. The lowest BCUT2D eigenvalue weighted by Crippen LogP contribution is -2.45. The van der Waals surface area contributed by atoms with Crippen LogP contribution >= 0.6 is 0 Å². The third-order valence-corrected chi connectivity index (χ3v) is 4.15. The van der Waals surface area contributed by atoms with Gasteiger partial charge in [-0.3, -0.25) is 19.5 Å². The van der Waals surface area contributed by atoms with Crippen LogP contribution in [0.4, 0.5) is 0 Å². The number of carboxylic acids is 1. The molecule has 23 heavy (non-hydrogen) atoms. The second-order valence-electron chi connectivity index (χ2n) is 5.79. The van der Waals surface area contributed by atoms with Crippen molar-refractivity contribution in [2.75, 3.05) is 26.7 Å². The van der Waals surface area contributed by atoms with Crippen molar-refractivity contribution in [2.45, 2.75) is 26.2 Å². The van der Waals surface area contributed by atoms with Crippen LogP contribution in [-0.2, 0) is 16.0 Å². The van der Waals surface area contributed by atoms with E-state index in [2.05, 4.69) is 10.2 Å². The highest BCUT2D eigenvalue weighted by Crippen LogP contribution is 2.17. The molecule has 2 rings (SSSR count). The number of hydrogen-bond donors (Lipinski definition) is 2. The molecule has 0 aliphatic carbocycles. The van der Waals surface area contributed by atoms with E-state index in [1.165, 1.54) is 4.90 Å². The Morgan fingerprint density at radius 2 is 2.04 bits per heavy atom. The monoisotopic (exact) mass is 322 g/mol. The zero-order valence-electron chi connectivity index (χ0n) is 13.4. The number of nitrogens with one attached hydrogen (secondary N) is 1. The molecule has 8 nitrogen and oxygen atoms in total. The quantitative estimate of drug-likeness (QED) is 0.814. The minimum absolute atomic E-state index is 0.0368. The lowest BCUT2D eigenvalue weighted by molar-refractivity contribution is -0.145. The van der Waals surface area contributed by atoms with Gasteiger partial charge in [-0.2, -0.15) is 5.10 Å². The highest BCUT2D eigenvalue weighted by molar-refractivity contribution is 5.94. The maximum absolute atomic E-state index is 12.2. The van der Waals surface area contributed by atoms with E-state index >= 15 is 0 Å². The smallest absolute Gasteiger partial charge is 0.306 e. The predicted molar refractivity (Wildman–Crippen MR) is 81.9 cm³/mol. The Morgan fingerprint density at radius 1 is 1.39 bits per heavy atom. The first-order chi connectivity index (χ1) is 10.9. The van der Waals surface area contributed by atoms with Crippen LogP contribution in [0.1, 0.15) is 35.9 Å². The van der Waals surface area contributed by atoms with Gasteiger partial charge in [0, 0.05) is 25.8 Å². The molecule has 0 unspecified atom stereocenters. The minimum Gasteiger partial charge on any atom is -0.481 e. The molecule has 1 aromatic rings. The molecule has 1 saturated heterocycles. The minimum atomic E-state index is -0.811. The van der Waals surface area contributed by atoms with Crippen molar-refractivity contribution in [2.24, 2.45) is 5.92 Å². The number of aromatic amines is 1. The lowest BCUT2D eigenvalue weighted by atomic mass is 9.97. The first-order valence-electron chi connectivity index (χ1n) is 7.72. The molecule has 1 aromatic heterocycles. The normalized spacial score (nSPS) is 15.5. The number of likely N-dealkylation sites (N-methyl/N-ethyl adjacent to an activating group) is 1. The van der Waals surface area contributed by atoms with Gasteiger partial charge in [0.15, 0.2) is 0 Å². The topological polar surface area (TPSA) is 107 Å². The van der Waals surface area contributed by atoms with E-state index in [1.54, 1.807) is 18.0 Å². The van der Waals surface area contributed by atoms with Gasteiger partial charge in [0.2, 0.25) is 5.91 Å². The van der Waals surface area contributed by atoms with Gasteiger partial charge < -0.3 is 14.9 Å². The van der Waals surface area contributed by atoms with E-state index in [1.807, 2.05) is 6.92 Å². The fraction of sp³-hybridized carbons (Fsp3) is 0.600. The van der Waals surface area contributed by atoms with E-state index in [4.69, 9.17) is 5.11 Å². The highest BCUT2D eigenvalue weighted by Gasteiger charge is 2.28. The first kappa shape index (κ1) is 17.0. The first-order valence-corrected chi connectivity index (χ1v) is 7.72. The summed E-state index contributed by atoms with van der Waals surface area (Å²) in [6, 6.07) is 1.68. The number of likely N-dealkylation sites (tertiary alicyclic amines) is 1. The average molecular weight is 322 g/mol. The summed E-state index contributed by atoms with van der Waals surface area (Å²) in [7, 11) is 1.56. The standard InChI is InChI=1S/C15H22N4O4/c1-3-11-8-12(17-16-11)14(21)18(2)9-13(20)19-6-4-10(5-7-19)15(22)23/h8,10H,3-7,9H2,1-2H3,(H,16,17)(H,22,23). The molecule has 0 aromatic carbocycles. The lowest BCUT2D eigenvalue weighted by Gasteiger charge is -2.31. The summed E-state index contributed by atoms with van der Waals surface area (Å²) >= 11 is 0. The van der Waals surface area contributed by atoms with Crippen molar-refractivity contribution in [1.29, 1.82) is 0 Å². The number of aromatic nitrogens is 2.